The molecular weight excluding hydrogens is 384 g/mol. The molecule has 2 aromatic rings. The maximum absolute atomic E-state index is 10.1. The number of aliphatic hydroxyl groups is 1. The van der Waals surface area contributed by atoms with Crippen LogP contribution >= 0.6 is 11.6 Å². The van der Waals surface area contributed by atoms with Gasteiger partial charge in [0.2, 0.25) is 0 Å². The van der Waals surface area contributed by atoms with Gasteiger partial charge in [0.05, 0.1) is 26.5 Å². The lowest BCUT2D eigenvalue weighted by Gasteiger charge is -1.89. The standard InChI is InChI=1S/C6H7ClO2.C6H8O3.C5H8O3.H2O/c2*1-8-6-3-2-5(4-7)9-6;1-4(6)2-3-5(7)8;/h2-3H,4H2,1H3;2-3,7H,4H2,1H3;2-3H2,1H3,(H,7,8);1H2. The normalized spacial score (nSPS) is 8.93. The van der Waals surface area contributed by atoms with Crippen LogP contribution in [-0.2, 0) is 22.1 Å². The van der Waals surface area contributed by atoms with Crippen LogP contribution in [0.25, 0.3) is 0 Å². The Kier molecular flexibility index (Phi) is 15.6. The van der Waals surface area contributed by atoms with Crippen molar-refractivity contribution < 1.29 is 43.6 Å². The summed E-state index contributed by atoms with van der Waals surface area (Å²) in [7, 11) is 3.07. The number of methoxy groups -OCH3 is 2. The molecule has 0 aliphatic rings. The SMILES string of the molecule is CC(=O)CCC(=O)O.COc1ccc(CCl)o1.COc1ccc(CO)o1.O. The molecule has 0 unspecified atom stereocenters. The first-order valence-electron chi connectivity index (χ1n) is 7.49. The lowest BCUT2D eigenvalue weighted by atomic mass is 10.2. The molecule has 0 radical (unpaired) electrons. The first kappa shape index (κ1) is 26.7. The molecule has 0 atom stereocenters. The van der Waals surface area contributed by atoms with Crippen molar-refractivity contribution in [1.82, 2.24) is 0 Å². The number of carboxylic acid groups (broad SMARTS) is 1. The number of aliphatic carboxylic acids is 1. The Morgan fingerprint density at radius 1 is 1.00 bits per heavy atom. The van der Waals surface area contributed by atoms with Crippen LogP contribution < -0.4 is 9.47 Å². The average molecular weight is 409 g/mol. The summed E-state index contributed by atoms with van der Waals surface area (Å²) in [6.07, 6.45) is 0.102. The number of aliphatic hydroxyl groups excluding tert-OH is 1. The number of halogens is 1. The molecule has 154 valence electrons. The summed E-state index contributed by atoms with van der Waals surface area (Å²) in [5.41, 5.74) is 0. The Morgan fingerprint density at radius 3 is 1.70 bits per heavy atom. The van der Waals surface area contributed by atoms with Crippen molar-refractivity contribution >= 4 is 23.4 Å². The highest BCUT2D eigenvalue weighted by Crippen LogP contribution is 2.16. The van der Waals surface area contributed by atoms with E-state index in [4.69, 9.17) is 40.1 Å². The van der Waals surface area contributed by atoms with E-state index in [1.807, 2.05) is 0 Å². The number of furan rings is 2. The third-order valence-electron chi connectivity index (χ3n) is 2.65. The molecule has 2 rings (SSSR count). The molecule has 0 aliphatic heterocycles. The number of carbonyl (C=O) groups is 2. The highest BCUT2D eigenvalue weighted by molar-refractivity contribution is 6.16. The lowest BCUT2D eigenvalue weighted by Crippen LogP contribution is -1.98. The summed E-state index contributed by atoms with van der Waals surface area (Å²) >= 11 is 5.45. The van der Waals surface area contributed by atoms with E-state index in [0.29, 0.717) is 23.5 Å². The Hall–Kier alpha value is -2.49. The largest absolute Gasteiger partial charge is 0.481 e. The first-order chi connectivity index (χ1) is 12.4. The van der Waals surface area contributed by atoms with Crippen LogP contribution in [0.1, 0.15) is 31.3 Å². The van der Waals surface area contributed by atoms with Crippen molar-refractivity contribution in [2.45, 2.75) is 32.3 Å². The van der Waals surface area contributed by atoms with Crippen molar-refractivity contribution in [2.24, 2.45) is 0 Å². The molecule has 0 amide bonds. The number of alkyl halides is 1. The van der Waals surface area contributed by atoms with Crippen LogP contribution in [0.2, 0.25) is 0 Å². The molecule has 2 heterocycles. The van der Waals surface area contributed by atoms with E-state index in [9.17, 15) is 9.59 Å². The van der Waals surface area contributed by atoms with Crippen molar-refractivity contribution in [3.63, 3.8) is 0 Å². The summed E-state index contributed by atoms with van der Waals surface area (Å²) in [5, 5.41) is 16.5. The zero-order valence-corrected chi connectivity index (χ0v) is 16.1. The molecule has 2 aromatic heterocycles. The second-order valence-corrected chi connectivity index (χ2v) is 5.00. The molecule has 4 N–H and O–H groups in total. The smallest absolute Gasteiger partial charge is 0.303 e. The highest BCUT2D eigenvalue weighted by Gasteiger charge is 1.98. The fourth-order valence-corrected chi connectivity index (χ4v) is 1.52. The van der Waals surface area contributed by atoms with Crippen molar-refractivity contribution in [2.75, 3.05) is 14.2 Å². The fourth-order valence-electron chi connectivity index (χ4n) is 1.38. The van der Waals surface area contributed by atoms with Crippen LogP contribution in [0, 0.1) is 0 Å². The predicted octanol–water partition coefficient (Wildman–Crippen LogP) is 2.42. The van der Waals surface area contributed by atoms with Crippen LogP contribution in [-0.4, -0.2) is 41.7 Å². The predicted molar refractivity (Wildman–Crippen MR) is 97.2 cm³/mol. The second kappa shape index (κ2) is 15.7. The number of Topliss-reactive ketones (excluding diaryl/α,β-unsaturated/α-hetero) is 1. The molecule has 0 saturated heterocycles. The monoisotopic (exact) mass is 408 g/mol. The van der Waals surface area contributed by atoms with Gasteiger partial charge in [-0.2, -0.15) is 0 Å². The minimum atomic E-state index is -0.916. The Bertz CT molecular complexity index is 555. The van der Waals surface area contributed by atoms with Gasteiger partial charge in [0, 0.05) is 18.6 Å². The molecule has 0 aromatic carbocycles. The molecule has 27 heavy (non-hydrogen) atoms. The average Bonchev–Trinajstić information content (AvgIpc) is 3.29. The van der Waals surface area contributed by atoms with E-state index >= 15 is 0 Å². The van der Waals surface area contributed by atoms with E-state index in [1.165, 1.54) is 14.0 Å². The van der Waals surface area contributed by atoms with Crippen molar-refractivity contribution in [3.8, 4) is 11.9 Å². The van der Waals surface area contributed by atoms with Gasteiger partial charge in [0.15, 0.2) is 0 Å². The molecular formula is C17H25ClO9. The van der Waals surface area contributed by atoms with Gasteiger partial charge in [-0.05, 0) is 19.1 Å². The topological polar surface area (TPSA) is 151 Å². The highest BCUT2D eigenvalue weighted by atomic mass is 35.5. The van der Waals surface area contributed by atoms with E-state index in [2.05, 4.69) is 0 Å². The van der Waals surface area contributed by atoms with E-state index in [1.54, 1.807) is 31.4 Å². The maximum atomic E-state index is 10.1. The molecule has 0 spiro atoms. The van der Waals surface area contributed by atoms with Gasteiger partial charge < -0.3 is 38.8 Å². The number of carbonyl (C=O) groups excluding carboxylic acids is 1. The molecule has 0 aliphatic carbocycles. The van der Waals surface area contributed by atoms with E-state index < -0.39 is 5.97 Å². The van der Waals surface area contributed by atoms with Gasteiger partial charge >= 0.3 is 5.97 Å². The number of hydrogen-bond acceptors (Lipinski definition) is 7. The van der Waals surface area contributed by atoms with Gasteiger partial charge in [0.1, 0.15) is 23.9 Å². The fraction of sp³-hybridized carbons (Fsp3) is 0.412. The van der Waals surface area contributed by atoms with Crippen LogP contribution in [0.4, 0.5) is 0 Å². The summed E-state index contributed by atoms with van der Waals surface area (Å²) < 4.78 is 19.4. The minimum absolute atomic E-state index is 0. The van der Waals surface area contributed by atoms with Gasteiger partial charge in [0.25, 0.3) is 11.9 Å². The zero-order valence-electron chi connectivity index (χ0n) is 15.4. The zero-order chi connectivity index (χ0) is 19.9. The summed E-state index contributed by atoms with van der Waals surface area (Å²) in [5.74, 6) is 1.58. The van der Waals surface area contributed by atoms with Gasteiger partial charge in [-0.3, -0.25) is 4.79 Å². The van der Waals surface area contributed by atoms with Crippen LogP contribution in [0.15, 0.2) is 33.1 Å². The van der Waals surface area contributed by atoms with Gasteiger partial charge in [-0.1, -0.05) is 0 Å². The van der Waals surface area contributed by atoms with Crippen LogP contribution in [0.5, 0.6) is 11.9 Å². The van der Waals surface area contributed by atoms with Crippen molar-refractivity contribution in [1.29, 1.82) is 0 Å². The number of carboxylic acids is 1. The molecule has 0 bridgehead atoms. The summed E-state index contributed by atoms with van der Waals surface area (Å²) in [6, 6.07) is 6.84. The Morgan fingerprint density at radius 2 is 1.48 bits per heavy atom. The number of ketones is 1. The Labute approximate surface area is 161 Å². The quantitative estimate of drug-likeness (QED) is 0.662. The van der Waals surface area contributed by atoms with Crippen molar-refractivity contribution in [3.05, 3.63) is 35.8 Å². The lowest BCUT2D eigenvalue weighted by molar-refractivity contribution is -0.138. The first-order valence-corrected chi connectivity index (χ1v) is 8.03. The van der Waals surface area contributed by atoms with E-state index in [-0.39, 0.29) is 30.7 Å². The molecule has 10 heteroatoms. The van der Waals surface area contributed by atoms with Crippen LogP contribution in [0.3, 0.4) is 0 Å². The number of hydrogen-bond donors (Lipinski definition) is 2. The molecule has 0 saturated carbocycles. The third-order valence-corrected chi connectivity index (χ3v) is 2.92. The number of rotatable bonds is 7. The van der Waals surface area contributed by atoms with Gasteiger partial charge in [-0.15, -0.1) is 11.6 Å². The van der Waals surface area contributed by atoms with E-state index in [0.717, 1.165) is 5.76 Å². The third kappa shape index (κ3) is 13.4. The maximum Gasteiger partial charge on any atom is 0.303 e. The molecule has 9 nitrogen and oxygen atoms in total. The summed E-state index contributed by atoms with van der Waals surface area (Å²) in [6.45, 7) is 1.30. The molecule has 0 fully saturated rings. The Balaban J connectivity index is 0. The number of ether oxygens (including phenoxy) is 2. The summed E-state index contributed by atoms with van der Waals surface area (Å²) in [4.78, 5) is 19.8. The second-order valence-electron chi connectivity index (χ2n) is 4.74. The minimum Gasteiger partial charge on any atom is -0.481 e. The van der Waals surface area contributed by atoms with Gasteiger partial charge in [-0.25, -0.2) is 0 Å².